The van der Waals surface area contributed by atoms with E-state index in [1.165, 1.54) is 32.1 Å². The Morgan fingerprint density at radius 3 is 1.75 bits per heavy atom. The number of hydrogen-bond acceptors (Lipinski definition) is 2. The van der Waals surface area contributed by atoms with Gasteiger partial charge in [-0.15, -0.1) is 0 Å². The molecule has 0 aromatic heterocycles. The van der Waals surface area contributed by atoms with Gasteiger partial charge in [0.2, 0.25) is 10.0 Å². The molecule has 3 nitrogen and oxygen atoms in total. The lowest BCUT2D eigenvalue weighted by molar-refractivity contribution is 0.197. The molecule has 0 unspecified atom stereocenters. The molecule has 2 saturated carbocycles. The lowest BCUT2D eigenvalue weighted by Gasteiger charge is -2.35. The van der Waals surface area contributed by atoms with Gasteiger partial charge in [-0.3, -0.25) is 0 Å². The van der Waals surface area contributed by atoms with Crippen molar-refractivity contribution < 1.29 is 8.42 Å². The molecule has 0 amide bonds. The molecular weight excluding hydrogens is 222 g/mol. The molecule has 94 valence electrons. The molecule has 0 aromatic rings. The summed E-state index contributed by atoms with van der Waals surface area (Å²) in [6.45, 7) is 0. The number of hydrogen-bond donors (Lipinski definition) is 1. The summed E-state index contributed by atoms with van der Waals surface area (Å²) in [5.41, 5.74) is 0. The third kappa shape index (κ3) is 2.98. The second-order valence-corrected chi connectivity index (χ2v) is 7.37. The molecule has 0 aliphatic heterocycles. The maximum absolute atomic E-state index is 11.2. The minimum Gasteiger partial charge on any atom is -0.228 e. The van der Waals surface area contributed by atoms with Crippen molar-refractivity contribution >= 4 is 10.0 Å². The highest BCUT2D eigenvalue weighted by Crippen LogP contribution is 2.39. The van der Waals surface area contributed by atoms with Crippen LogP contribution in [0.5, 0.6) is 0 Å². The number of rotatable bonds is 2. The van der Waals surface area contributed by atoms with Crippen LogP contribution in [-0.4, -0.2) is 13.7 Å². The smallest absolute Gasteiger partial charge is 0.211 e. The molecular formula is C12H23NO2S. The second-order valence-electron chi connectivity index (χ2n) is 5.52. The molecule has 0 spiro atoms. The van der Waals surface area contributed by atoms with E-state index >= 15 is 0 Å². The van der Waals surface area contributed by atoms with Crippen LogP contribution in [0.2, 0.25) is 0 Å². The fraction of sp³-hybridized carbons (Fsp3) is 1.00. The van der Waals surface area contributed by atoms with Gasteiger partial charge in [0.1, 0.15) is 0 Å². The van der Waals surface area contributed by atoms with Crippen LogP contribution in [0.3, 0.4) is 0 Å². The van der Waals surface area contributed by atoms with Crippen molar-refractivity contribution in [2.75, 3.05) is 0 Å². The quantitative estimate of drug-likeness (QED) is 0.812. The minimum atomic E-state index is -3.28. The molecule has 2 aliphatic rings. The summed E-state index contributed by atoms with van der Waals surface area (Å²) in [4.78, 5) is 0. The third-order valence-electron chi connectivity index (χ3n) is 4.50. The Bertz CT molecular complexity index is 312. The van der Waals surface area contributed by atoms with Crippen molar-refractivity contribution in [3.63, 3.8) is 0 Å². The van der Waals surface area contributed by atoms with Gasteiger partial charge in [-0.2, -0.15) is 0 Å². The first-order valence-electron chi connectivity index (χ1n) is 6.59. The summed E-state index contributed by atoms with van der Waals surface area (Å²) in [5.74, 6) is 1.65. The Hall–Kier alpha value is -0.0900. The SMILES string of the molecule is NS(=O)(=O)C1CCC(C2CCCCC2)CC1. The first-order valence-corrected chi connectivity index (χ1v) is 8.20. The van der Waals surface area contributed by atoms with Crippen LogP contribution in [0.25, 0.3) is 0 Å². The van der Waals surface area contributed by atoms with Crippen molar-refractivity contribution in [3.05, 3.63) is 0 Å². The fourth-order valence-electron chi connectivity index (χ4n) is 3.49. The molecule has 0 saturated heterocycles. The molecule has 0 heterocycles. The highest BCUT2D eigenvalue weighted by Gasteiger charge is 2.32. The average molecular weight is 245 g/mol. The topological polar surface area (TPSA) is 60.2 Å². The van der Waals surface area contributed by atoms with Crippen molar-refractivity contribution in [2.24, 2.45) is 17.0 Å². The van der Waals surface area contributed by atoms with Gasteiger partial charge in [-0.05, 0) is 37.5 Å². The number of nitrogens with two attached hydrogens (primary N) is 1. The van der Waals surface area contributed by atoms with Crippen molar-refractivity contribution in [1.29, 1.82) is 0 Å². The van der Waals surface area contributed by atoms with Gasteiger partial charge in [-0.25, -0.2) is 13.6 Å². The molecule has 2 aliphatic carbocycles. The highest BCUT2D eigenvalue weighted by atomic mass is 32.2. The maximum atomic E-state index is 11.2. The Morgan fingerprint density at radius 1 is 0.750 bits per heavy atom. The lowest BCUT2D eigenvalue weighted by atomic mass is 9.73. The molecule has 0 atom stereocenters. The standard InChI is InChI=1S/C12H23NO2S/c13-16(14,15)12-8-6-11(7-9-12)10-4-2-1-3-5-10/h10-12H,1-9H2,(H2,13,14,15). The normalized spacial score (nSPS) is 33.8. The van der Waals surface area contributed by atoms with Crippen LogP contribution in [0.1, 0.15) is 57.8 Å². The van der Waals surface area contributed by atoms with E-state index in [0.29, 0.717) is 0 Å². The van der Waals surface area contributed by atoms with Gasteiger partial charge < -0.3 is 0 Å². The zero-order valence-electron chi connectivity index (χ0n) is 9.90. The van der Waals surface area contributed by atoms with E-state index in [-0.39, 0.29) is 5.25 Å². The van der Waals surface area contributed by atoms with E-state index in [0.717, 1.165) is 37.5 Å². The van der Waals surface area contributed by atoms with Gasteiger partial charge in [0.15, 0.2) is 0 Å². The van der Waals surface area contributed by atoms with Crippen LogP contribution < -0.4 is 5.14 Å². The Kier molecular flexibility index (Phi) is 3.90. The van der Waals surface area contributed by atoms with E-state index in [9.17, 15) is 8.42 Å². The van der Waals surface area contributed by atoms with Crippen LogP contribution in [0.4, 0.5) is 0 Å². The van der Waals surface area contributed by atoms with E-state index in [1.807, 2.05) is 0 Å². The van der Waals surface area contributed by atoms with Crippen LogP contribution in [-0.2, 0) is 10.0 Å². The van der Waals surface area contributed by atoms with E-state index in [2.05, 4.69) is 0 Å². The van der Waals surface area contributed by atoms with Gasteiger partial charge in [-0.1, -0.05) is 32.1 Å². The van der Waals surface area contributed by atoms with E-state index in [1.54, 1.807) is 0 Å². The van der Waals surface area contributed by atoms with Crippen LogP contribution in [0.15, 0.2) is 0 Å². The summed E-state index contributed by atoms with van der Waals surface area (Å²) in [6.07, 6.45) is 10.6. The van der Waals surface area contributed by atoms with Crippen molar-refractivity contribution in [2.45, 2.75) is 63.0 Å². The highest BCUT2D eigenvalue weighted by molar-refractivity contribution is 7.89. The number of sulfonamides is 1. The zero-order valence-corrected chi connectivity index (χ0v) is 10.7. The van der Waals surface area contributed by atoms with Crippen molar-refractivity contribution in [3.8, 4) is 0 Å². The molecule has 16 heavy (non-hydrogen) atoms. The molecule has 0 aromatic carbocycles. The van der Waals surface area contributed by atoms with Gasteiger partial charge >= 0.3 is 0 Å². The first kappa shape index (κ1) is 12.4. The van der Waals surface area contributed by atoms with Crippen LogP contribution >= 0.6 is 0 Å². The third-order valence-corrected chi connectivity index (χ3v) is 5.90. The Balaban J connectivity index is 1.85. The molecule has 2 fully saturated rings. The first-order chi connectivity index (χ1) is 7.57. The predicted molar refractivity (Wildman–Crippen MR) is 65.4 cm³/mol. The van der Waals surface area contributed by atoms with Crippen LogP contribution in [0, 0.1) is 11.8 Å². The monoisotopic (exact) mass is 245 g/mol. The minimum absolute atomic E-state index is 0.257. The summed E-state index contributed by atoms with van der Waals surface area (Å²) in [5, 5.41) is 4.95. The average Bonchev–Trinajstić information content (AvgIpc) is 2.29. The van der Waals surface area contributed by atoms with E-state index < -0.39 is 10.0 Å². The van der Waals surface area contributed by atoms with Gasteiger partial charge in [0.05, 0.1) is 5.25 Å². The summed E-state index contributed by atoms with van der Waals surface area (Å²) < 4.78 is 22.5. The molecule has 0 bridgehead atoms. The molecule has 4 heteroatoms. The second kappa shape index (κ2) is 5.05. The fourth-order valence-corrected chi connectivity index (χ4v) is 4.42. The number of primary sulfonamides is 1. The zero-order chi connectivity index (χ0) is 11.6. The Morgan fingerprint density at radius 2 is 1.25 bits per heavy atom. The van der Waals surface area contributed by atoms with Gasteiger partial charge in [0, 0.05) is 0 Å². The largest absolute Gasteiger partial charge is 0.228 e. The summed E-state index contributed by atoms with van der Waals surface area (Å²) >= 11 is 0. The maximum Gasteiger partial charge on any atom is 0.211 e. The molecule has 2 rings (SSSR count). The Labute approximate surface area is 98.8 Å². The molecule has 2 N–H and O–H groups in total. The summed E-state index contributed by atoms with van der Waals surface area (Å²) in [7, 11) is -3.28. The molecule has 0 radical (unpaired) electrons. The van der Waals surface area contributed by atoms with Gasteiger partial charge in [0.25, 0.3) is 0 Å². The van der Waals surface area contributed by atoms with Crippen molar-refractivity contribution in [1.82, 2.24) is 0 Å². The summed E-state index contributed by atoms with van der Waals surface area (Å²) in [6, 6.07) is 0. The lowest BCUT2D eigenvalue weighted by Crippen LogP contribution is -2.34. The van der Waals surface area contributed by atoms with E-state index in [4.69, 9.17) is 5.14 Å². The predicted octanol–water partition coefficient (Wildman–Crippen LogP) is 2.41.